The van der Waals surface area contributed by atoms with Gasteiger partial charge in [-0.1, -0.05) is 24.3 Å². The van der Waals surface area contributed by atoms with E-state index < -0.39 is 17.5 Å². The molecular weight excluding hydrogens is 396 g/mol. The van der Waals surface area contributed by atoms with Crippen molar-refractivity contribution in [1.82, 2.24) is 30.4 Å². The number of Topliss-reactive ketones (excluding diaryl/α,β-unsaturated/α-hetero) is 1. The molecule has 3 amide bonds. The molecule has 2 heterocycles. The Hall–Kier alpha value is -3.88. The van der Waals surface area contributed by atoms with Crippen LogP contribution in [0, 0.1) is 0 Å². The standard InChI is InChI=1S/C22H20N6O3/c1-22(17-6-3-7-18(11-17)28-13-23-25-26-28)20(30)27(21(31)24-22)12-19(29)16-9-8-14-4-2-5-15(14)10-16/h3,6-11,13H,2,4-5,12H2,1H3,(H,24,31). The van der Waals surface area contributed by atoms with Crippen LogP contribution >= 0.6 is 0 Å². The number of ketones is 1. The van der Waals surface area contributed by atoms with E-state index in [0.717, 1.165) is 24.2 Å². The monoisotopic (exact) mass is 416 g/mol. The average molecular weight is 416 g/mol. The summed E-state index contributed by atoms with van der Waals surface area (Å²) in [5.41, 5.74) is 2.90. The molecule has 1 fully saturated rings. The quantitative estimate of drug-likeness (QED) is 0.502. The van der Waals surface area contributed by atoms with Crippen molar-refractivity contribution in [2.75, 3.05) is 6.54 Å². The van der Waals surface area contributed by atoms with Crippen LogP contribution in [-0.4, -0.2) is 49.4 Å². The number of rotatable bonds is 5. The zero-order valence-corrected chi connectivity index (χ0v) is 16.9. The fraction of sp³-hybridized carbons (Fsp3) is 0.273. The largest absolute Gasteiger partial charge is 0.325 e. The van der Waals surface area contributed by atoms with Crippen LogP contribution in [0.5, 0.6) is 0 Å². The molecule has 1 unspecified atom stereocenters. The molecule has 1 atom stereocenters. The third-order valence-corrected chi connectivity index (χ3v) is 6.03. The normalized spacial score (nSPS) is 20.1. The van der Waals surface area contributed by atoms with Crippen LogP contribution in [0.1, 0.15) is 40.4 Å². The molecule has 9 nitrogen and oxygen atoms in total. The number of aromatic nitrogens is 4. The minimum absolute atomic E-state index is 0.259. The maximum Gasteiger partial charge on any atom is 0.325 e. The van der Waals surface area contributed by atoms with Crippen molar-refractivity contribution in [2.24, 2.45) is 0 Å². The molecule has 2 aromatic carbocycles. The number of hydrogen-bond acceptors (Lipinski definition) is 6. The van der Waals surface area contributed by atoms with Crippen molar-refractivity contribution >= 4 is 17.7 Å². The van der Waals surface area contributed by atoms with Gasteiger partial charge in [0.15, 0.2) is 5.78 Å². The Labute approximate surface area is 178 Å². The molecule has 9 heteroatoms. The van der Waals surface area contributed by atoms with Gasteiger partial charge < -0.3 is 5.32 Å². The van der Waals surface area contributed by atoms with Crippen molar-refractivity contribution < 1.29 is 14.4 Å². The Kier molecular flexibility index (Phi) is 4.39. The van der Waals surface area contributed by atoms with Crippen molar-refractivity contribution in [3.05, 3.63) is 71.0 Å². The van der Waals surface area contributed by atoms with E-state index >= 15 is 0 Å². The molecule has 0 bridgehead atoms. The van der Waals surface area contributed by atoms with E-state index in [9.17, 15) is 14.4 Å². The molecule has 1 N–H and O–H groups in total. The van der Waals surface area contributed by atoms with Gasteiger partial charge in [0.25, 0.3) is 5.91 Å². The Morgan fingerprint density at radius 1 is 1.13 bits per heavy atom. The molecule has 1 saturated heterocycles. The number of hydrogen-bond donors (Lipinski definition) is 1. The zero-order valence-electron chi connectivity index (χ0n) is 16.9. The molecule has 1 aromatic heterocycles. The zero-order chi connectivity index (χ0) is 21.6. The minimum Gasteiger partial charge on any atom is -0.319 e. The topological polar surface area (TPSA) is 110 Å². The lowest BCUT2D eigenvalue weighted by atomic mass is 9.91. The fourth-order valence-electron chi connectivity index (χ4n) is 4.26. The van der Waals surface area contributed by atoms with E-state index in [1.165, 1.54) is 22.1 Å². The second kappa shape index (κ2) is 7.12. The van der Waals surface area contributed by atoms with Crippen LogP contribution in [0.2, 0.25) is 0 Å². The Balaban J connectivity index is 1.39. The average Bonchev–Trinajstić information content (AvgIpc) is 3.51. The Morgan fingerprint density at radius 3 is 2.77 bits per heavy atom. The third kappa shape index (κ3) is 3.18. The highest BCUT2D eigenvalue weighted by Gasteiger charge is 2.49. The van der Waals surface area contributed by atoms with E-state index in [1.807, 2.05) is 12.1 Å². The molecule has 31 heavy (non-hydrogen) atoms. The predicted molar refractivity (Wildman–Crippen MR) is 110 cm³/mol. The van der Waals surface area contributed by atoms with E-state index in [-0.39, 0.29) is 12.3 Å². The van der Waals surface area contributed by atoms with Crippen LogP contribution in [0.3, 0.4) is 0 Å². The summed E-state index contributed by atoms with van der Waals surface area (Å²) in [7, 11) is 0. The summed E-state index contributed by atoms with van der Waals surface area (Å²) in [5.74, 6) is -0.731. The number of amides is 3. The maximum absolute atomic E-state index is 13.2. The number of carbonyl (C=O) groups is 3. The van der Waals surface area contributed by atoms with E-state index in [2.05, 4.69) is 20.8 Å². The molecular formula is C22H20N6O3. The predicted octanol–water partition coefficient (Wildman–Crippen LogP) is 1.80. The number of benzene rings is 2. The first-order chi connectivity index (χ1) is 15.0. The number of fused-ring (bicyclic) bond motifs is 1. The van der Waals surface area contributed by atoms with Gasteiger partial charge in [-0.15, -0.1) is 5.10 Å². The summed E-state index contributed by atoms with van der Waals surface area (Å²) in [6.07, 6.45) is 4.51. The lowest BCUT2D eigenvalue weighted by Gasteiger charge is -2.22. The lowest BCUT2D eigenvalue weighted by Crippen LogP contribution is -2.41. The maximum atomic E-state index is 13.2. The summed E-state index contributed by atoms with van der Waals surface area (Å²) in [4.78, 5) is 39.7. The highest BCUT2D eigenvalue weighted by atomic mass is 16.2. The van der Waals surface area contributed by atoms with Gasteiger partial charge in [0.05, 0.1) is 12.2 Å². The number of imide groups is 1. The van der Waals surface area contributed by atoms with Crippen molar-refractivity contribution in [3.63, 3.8) is 0 Å². The Bertz CT molecular complexity index is 1210. The molecule has 156 valence electrons. The van der Waals surface area contributed by atoms with Crippen LogP contribution in [0.15, 0.2) is 48.8 Å². The highest BCUT2D eigenvalue weighted by Crippen LogP contribution is 2.30. The van der Waals surface area contributed by atoms with Crippen LogP contribution in [0.4, 0.5) is 4.79 Å². The van der Waals surface area contributed by atoms with Gasteiger partial charge in [-0.25, -0.2) is 9.48 Å². The van der Waals surface area contributed by atoms with Crippen LogP contribution in [-0.2, 0) is 23.2 Å². The molecule has 0 saturated carbocycles. The second-order valence-corrected chi connectivity index (χ2v) is 8.01. The van der Waals surface area contributed by atoms with Gasteiger partial charge in [0, 0.05) is 5.56 Å². The second-order valence-electron chi connectivity index (χ2n) is 8.01. The number of nitrogens with one attached hydrogen (secondary N) is 1. The fourth-order valence-corrected chi connectivity index (χ4v) is 4.26. The minimum atomic E-state index is -1.29. The lowest BCUT2D eigenvalue weighted by molar-refractivity contribution is -0.130. The summed E-state index contributed by atoms with van der Waals surface area (Å²) in [6, 6.07) is 12.1. The number of urea groups is 1. The molecule has 1 aliphatic heterocycles. The first kappa shape index (κ1) is 19.1. The van der Waals surface area contributed by atoms with Crippen LogP contribution in [0.25, 0.3) is 5.69 Å². The van der Waals surface area contributed by atoms with Gasteiger partial charge in [-0.05, 0) is 71.5 Å². The molecule has 5 rings (SSSR count). The van der Waals surface area contributed by atoms with Gasteiger partial charge in [-0.2, -0.15) is 0 Å². The van der Waals surface area contributed by atoms with E-state index in [1.54, 1.807) is 37.3 Å². The van der Waals surface area contributed by atoms with E-state index in [0.29, 0.717) is 16.8 Å². The molecule has 2 aliphatic rings. The molecule has 3 aromatic rings. The Morgan fingerprint density at radius 2 is 1.97 bits per heavy atom. The smallest absolute Gasteiger partial charge is 0.319 e. The number of tetrazole rings is 1. The first-order valence-electron chi connectivity index (χ1n) is 10.1. The highest BCUT2D eigenvalue weighted by molar-refractivity contribution is 6.11. The summed E-state index contributed by atoms with van der Waals surface area (Å²) in [6.45, 7) is 1.33. The van der Waals surface area contributed by atoms with Crippen molar-refractivity contribution in [3.8, 4) is 5.69 Å². The number of aryl methyl sites for hydroxylation is 2. The summed E-state index contributed by atoms with van der Waals surface area (Å²) in [5, 5.41) is 13.8. The van der Waals surface area contributed by atoms with E-state index in [4.69, 9.17) is 0 Å². The van der Waals surface area contributed by atoms with Gasteiger partial charge in [0.1, 0.15) is 11.9 Å². The molecule has 0 radical (unpaired) electrons. The number of nitrogens with zero attached hydrogens (tertiary/aromatic N) is 5. The van der Waals surface area contributed by atoms with Gasteiger partial charge >= 0.3 is 6.03 Å². The van der Waals surface area contributed by atoms with Gasteiger partial charge in [-0.3, -0.25) is 14.5 Å². The number of carbonyl (C=O) groups excluding carboxylic acids is 3. The summed E-state index contributed by atoms with van der Waals surface area (Å²) < 4.78 is 1.46. The van der Waals surface area contributed by atoms with Crippen LogP contribution < -0.4 is 5.32 Å². The van der Waals surface area contributed by atoms with Crippen molar-refractivity contribution in [2.45, 2.75) is 31.7 Å². The third-order valence-electron chi connectivity index (χ3n) is 6.03. The first-order valence-corrected chi connectivity index (χ1v) is 10.1. The van der Waals surface area contributed by atoms with Gasteiger partial charge in [0.2, 0.25) is 0 Å². The SMILES string of the molecule is CC1(c2cccc(-n3cnnn3)c2)NC(=O)N(CC(=O)c2ccc3c(c2)CCC3)C1=O. The molecule has 1 aliphatic carbocycles. The molecule has 0 spiro atoms. The summed E-state index contributed by atoms with van der Waals surface area (Å²) >= 11 is 0. The van der Waals surface area contributed by atoms with Crippen molar-refractivity contribution in [1.29, 1.82) is 0 Å².